The molecular weight excluding hydrogens is 384 g/mol. The van der Waals surface area contributed by atoms with Crippen LogP contribution in [0.1, 0.15) is 27.9 Å². The van der Waals surface area contributed by atoms with Crippen molar-refractivity contribution in [1.82, 2.24) is 10.2 Å². The Balaban J connectivity index is 1.85. The molecule has 0 saturated heterocycles. The number of sulfonamides is 1. The Hall–Kier alpha value is -2.78. The molecular formula is C18H18N4O3S2. The zero-order chi connectivity index (χ0) is 19.4. The predicted molar refractivity (Wildman–Crippen MR) is 106 cm³/mol. The number of nitrogens with one attached hydrogen (secondary N) is 2. The van der Waals surface area contributed by atoms with E-state index >= 15 is 0 Å². The lowest BCUT2D eigenvalue weighted by molar-refractivity contribution is 0.102. The standard InChI is InChI=1S/C18H18N4O3S2/c1-3-16-20-21-18(26-16)19-17(23)14-6-4-5-7-15(14)22-27(24,25)13-10-8-12(2)9-11-13/h4-11,22H,3H2,1-2H3,(H,19,21,23). The monoisotopic (exact) mass is 402 g/mol. The molecule has 140 valence electrons. The van der Waals surface area contributed by atoms with Crippen molar-refractivity contribution in [2.45, 2.75) is 25.2 Å². The molecule has 0 radical (unpaired) electrons. The Labute approximate surface area is 161 Å². The molecule has 1 heterocycles. The number of hydrogen-bond acceptors (Lipinski definition) is 6. The van der Waals surface area contributed by atoms with Crippen LogP contribution in [0.25, 0.3) is 0 Å². The highest BCUT2D eigenvalue weighted by Crippen LogP contribution is 2.23. The highest BCUT2D eigenvalue weighted by atomic mass is 32.2. The normalized spacial score (nSPS) is 11.2. The van der Waals surface area contributed by atoms with Gasteiger partial charge in [-0.15, -0.1) is 10.2 Å². The molecule has 0 unspecified atom stereocenters. The molecule has 2 aromatic carbocycles. The average Bonchev–Trinajstić information content (AvgIpc) is 3.09. The van der Waals surface area contributed by atoms with Gasteiger partial charge in [0.25, 0.3) is 15.9 Å². The Morgan fingerprint density at radius 3 is 2.44 bits per heavy atom. The highest BCUT2D eigenvalue weighted by molar-refractivity contribution is 7.92. The van der Waals surface area contributed by atoms with E-state index in [1.54, 1.807) is 30.3 Å². The maximum Gasteiger partial charge on any atom is 0.261 e. The van der Waals surface area contributed by atoms with Crippen LogP contribution in [0.3, 0.4) is 0 Å². The van der Waals surface area contributed by atoms with E-state index in [1.165, 1.54) is 29.5 Å². The molecule has 9 heteroatoms. The van der Waals surface area contributed by atoms with Crippen molar-refractivity contribution in [2.75, 3.05) is 10.0 Å². The minimum atomic E-state index is -3.81. The van der Waals surface area contributed by atoms with Crippen molar-refractivity contribution in [3.63, 3.8) is 0 Å². The molecule has 27 heavy (non-hydrogen) atoms. The van der Waals surface area contributed by atoms with Crippen LogP contribution >= 0.6 is 11.3 Å². The number of hydrogen-bond donors (Lipinski definition) is 2. The topological polar surface area (TPSA) is 101 Å². The van der Waals surface area contributed by atoms with E-state index in [-0.39, 0.29) is 16.1 Å². The van der Waals surface area contributed by atoms with Crippen molar-refractivity contribution >= 4 is 38.1 Å². The summed E-state index contributed by atoms with van der Waals surface area (Å²) in [5, 5.41) is 11.7. The lowest BCUT2D eigenvalue weighted by atomic mass is 10.2. The summed E-state index contributed by atoms with van der Waals surface area (Å²) in [5.74, 6) is -0.462. The van der Waals surface area contributed by atoms with Crippen molar-refractivity contribution in [3.05, 3.63) is 64.7 Å². The number of carbonyl (C=O) groups is 1. The van der Waals surface area contributed by atoms with Gasteiger partial charge >= 0.3 is 0 Å². The highest BCUT2D eigenvalue weighted by Gasteiger charge is 2.19. The number of anilines is 2. The number of carbonyl (C=O) groups excluding carboxylic acids is 1. The lowest BCUT2D eigenvalue weighted by Crippen LogP contribution is -2.18. The van der Waals surface area contributed by atoms with Crippen LogP contribution in [0.5, 0.6) is 0 Å². The second-order valence-electron chi connectivity index (χ2n) is 5.77. The van der Waals surface area contributed by atoms with Crippen LogP contribution in [0, 0.1) is 6.92 Å². The number of nitrogens with zero attached hydrogens (tertiary/aromatic N) is 2. The van der Waals surface area contributed by atoms with E-state index in [9.17, 15) is 13.2 Å². The van der Waals surface area contributed by atoms with Gasteiger partial charge in [-0.1, -0.05) is 48.1 Å². The van der Waals surface area contributed by atoms with E-state index in [2.05, 4.69) is 20.2 Å². The molecule has 3 rings (SSSR count). The summed E-state index contributed by atoms with van der Waals surface area (Å²) in [4.78, 5) is 12.7. The quantitative estimate of drug-likeness (QED) is 0.657. The smallest absolute Gasteiger partial charge is 0.261 e. The maximum atomic E-state index is 12.6. The van der Waals surface area contributed by atoms with Crippen LogP contribution in [0.15, 0.2) is 53.4 Å². The first-order valence-electron chi connectivity index (χ1n) is 8.21. The van der Waals surface area contributed by atoms with Gasteiger partial charge in [0.1, 0.15) is 5.01 Å². The Bertz CT molecular complexity index is 1060. The molecule has 1 aromatic heterocycles. The van der Waals surface area contributed by atoms with E-state index in [4.69, 9.17) is 0 Å². The first kappa shape index (κ1) is 19.0. The van der Waals surface area contributed by atoms with Gasteiger partial charge < -0.3 is 0 Å². The minimum absolute atomic E-state index is 0.125. The van der Waals surface area contributed by atoms with Gasteiger partial charge in [0.05, 0.1) is 16.1 Å². The number of rotatable bonds is 6. The number of aryl methyl sites for hydroxylation is 2. The molecule has 0 bridgehead atoms. The fraction of sp³-hybridized carbons (Fsp3) is 0.167. The Morgan fingerprint density at radius 1 is 1.07 bits per heavy atom. The van der Waals surface area contributed by atoms with Gasteiger partial charge in [-0.05, 0) is 37.6 Å². The molecule has 0 aliphatic heterocycles. The molecule has 3 aromatic rings. The van der Waals surface area contributed by atoms with Gasteiger partial charge in [-0.2, -0.15) is 0 Å². The lowest BCUT2D eigenvalue weighted by Gasteiger charge is -2.12. The fourth-order valence-corrected chi connectivity index (χ4v) is 4.06. The Kier molecular flexibility index (Phi) is 5.52. The maximum absolute atomic E-state index is 12.6. The molecule has 0 spiro atoms. The zero-order valence-electron chi connectivity index (χ0n) is 14.8. The van der Waals surface area contributed by atoms with E-state index in [0.717, 1.165) is 17.0 Å². The number of benzene rings is 2. The van der Waals surface area contributed by atoms with Gasteiger partial charge in [0, 0.05) is 0 Å². The summed E-state index contributed by atoms with van der Waals surface area (Å²) < 4.78 is 27.7. The van der Waals surface area contributed by atoms with E-state index in [1.807, 2.05) is 13.8 Å². The number of amides is 1. The van der Waals surface area contributed by atoms with Gasteiger partial charge in [-0.3, -0.25) is 14.8 Å². The van der Waals surface area contributed by atoms with Crippen molar-refractivity contribution in [1.29, 1.82) is 0 Å². The molecule has 0 saturated carbocycles. The van der Waals surface area contributed by atoms with Crippen LogP contribution < -0.4 is 10.0 Å². The zero-order valence-corrected chi connectivity index (χ0v) is 16.4. The average molecular weight is 403 g/mol. The minimum Gasteiger partial charge on any atom is -0.296 e. The van der Waals surface area contributed by atoms with Crippen LogP contribution in [0.2, 0.25) is 0 Å². The Morgan fingerprint density at radius 2 is 1.78 bits per heavy atom. The first-order valence-corrected chi connectivity index (χ1v) is 10.5. The second-order valence-corrected chi connectivity index (χ2v) is 8.52. The SMILES string of the molecule is CCc1nnc(NC(=O)c2ccccc2NS(=O)(=O)c2ccc(C)cc2)s1. The van der Waals surface area contributed by atoms with E-state index < -0.39 is 15.9 Å². The third-order valence-corrected chi connectivity index (χ3v) is 6.10. The molecule has 0 fully saturated rings. The van der Waals surface area contributed by atoms with E-state index in [0.29, 0.717) is 5.13 Å². The van der Waals surface area contributed by atoms with Gasteiger partial charge in [0.2, 0.25) is 5.13 Å². The molecule has 7 nitrogen and oxygen atoms in total. The van der Waals surface area contributed by atoms with Crippen molar-refractivity contribution in [2.24, 2.45) is 0 Å². The predicted octanol–water partition coefficient (Wildman–Crippen LogP) is 3.46. The molecule has 0 atom stereocenters. The largest absolute Gasteiger partial charge is 0.296 e. The van der Waals surface area contributed by atoms with Crippen LogP contribution in [-0.4, -0.2) is 24.5 Å². The summed E-state index contributed by atoms with van der Waals surface area (Å²) in [7, 11) is -3.81. The second kappa shape index (κ2) is 7.85. The fourth-order valence-electron chi connectivity index (χ4n) is 2.30. The molecule has 2 N–H and O–H groups in total. The summed E-state index contributed by atoms with van der Waals surface area (Å²) in [6, 6.07) is 12.9. The summed E-state index contributed by atoms with van der Waals surface area (Å²) in [5.41, 5.74) is 1.34. The van der Waals surface area contributed by atoms with Gasteiger partial charge in [-0.25, -0.2) is 8.42 Å². The third kappa shape index (κ3) is 4.50. The van der Waals surface area contributed by atoms with Crippen molar-refractivity contribution in [3.8, 4) is 0 Å². The number of aromatic nitrogens is 2. The van der Waals surface area contributed by atoms with Crippen LogP contribution in [0.4, 0.5) is 10.8 Å². The molecule has 0 aliphatic carbocycles. The summed E-state index contributed by atoms with van der Waals surface area (Å²) in [6.45, 7) is 3.82. The third-order valence-electron chi connectivity index (χ3n) is 3.74. The summed E-state index contributed by atoms with van der Waals surface area (Å²) in [6.07, 6.45) is 0.723. The van der Waals surface area contributed by atoms with Crippen LogP contribution in [-0.2, 0) is 16.4 Å². The molecule has 0 aliphatic rings. The summed E-state index contributed by atoms with van der Waals surface area (Å²) >= 11 is 1.28. The first-order chi connectivity index (χ1) is 12.9. The molecule has 1 amide bonds. The number of para-hydroxylation sites is 1. The van der Waals surface area contributed by atoms with Crippen molar-refractivity contribution < 1.29 is 13.2 Å². The van der Waals surface area contributed by atoms with Gasteiger partial charge in [0.15, 0.2) is 0 Å².